The summed E-state index contributed by atoms with van der Waals surface area (Å²) in [4.78, 5) is 13.4. The molecule has 0 radical (unpaired) electrons. The van der Waals surface area contributed by atoms with E-state index < -0.39 is 6.04 Å². The van der Waals surface area contributed by atoms with Crippen molar-refractivity contribution in [1.29, 1.82) is 0 Å². The number of aromatic amines is 1. The summed E-state index contributed by atoms with van der Waals surface area (Å²) in [6.07, 6.45) is 2.01. The van der Waals surface area contributed by atoms with Crippen LogP contribution in [0.3, 0.4) is 0 Å². The molecule has 0 unspecified atom stereocenters. The topological polar surface area (TPSA) is 62.7 Å². The Balaban J connectivity index is 2.23. The molecule has 2 N–H and O–H groups in total. The molecule has 0 saturated heterocycles. The Hall–Kier alpha value is -1.47. The number of thiophene rings is 1. The Kier molecular flexibility index (Phi) is 5.30. The van der Waals surface area contributed by atoms with Gasteiger partial charge in [-0.15, -0.1) is 11.3 Å². The molecule has 0 fully saturated rings. The second-order valence-electron chi connectivity index (χ2n) is 5.07. The van der Waals surface area contributed by atoms with Crippen molar-refractivity contribution >= 4 is 29.5 Å². The molecule has 0 saturated carbocycles. The van der Waals surface area contributed by atoms with Gasteiger partial charge in [0.15, 0.2) is 10.6 Å². The lowest BCUT2D eigenvalue weighted by Crippen LogP contribution is -2.37. The molecule has 0 aliphatic rings. The fourth-order valence-electron chi connectivity index (χ4n) is 2.23. The van der Waals surface area contributed by atoms with Crippen LogP contribution >= 0.6 is 23.6 Å². The molecule has 0 aromatic carbocycles. The molecule has 7 heteroatoms. The number of aromatic nitrogens is 3. The molecular formula is C14H20N4OS2. The van der Waals surface area contributed by atoms with Gasteiger partial charge in [-0.25, -0.2) is 0 Å². The number of hydrogen-bond acceptors (Lipinski definition) is 4. The fourth-order valence-corrected chi connectivity index (χ4v) is 3.23. The minimum atomic E-state index is -0.396. The number of amides is 1. The molecule has 2 rings (SSSR count). The molecule has 21 heavy (non-hydrogen) atoms. The van der Waals surface area contributed by atoms with Crippen molar-refractivity contribution in [3.63, 3.8) is 0 Å². The molecule has 0 bridgehead atoms. The Morgan fingerprint density at radius 2 is 2.33 bits per heavy atom. The maximum Gasteiger partial charge on any atom is 0.243 e. The lowest BCUT2D eigenvalue weighted by Gasteiger charge is -2.18. The summed E-state index contributed by atoms with van der Waals surface area (Å²) in [7, 11) is 0. The van der Waals surface area contributed by atoms with Gasteiger partial charge in [0.05, 0.1) is 4.88 Å². The molecule has 0 aliphatic heterocycles. The van der Waals surface area contributed by atoms with Crippen LogP contribution in [0, 0.1) is 4.77 Å². The lowest BCUT2D eigenvalue weighted by atomic mass is 10.2. The summed E-state index contributed by atoms with van der Waals surface area (Å²) in [5.41, 5.74) is 0. The van der Waals surface area contributed by atoms with Gasteiger partial charge in [-0.3, -0.25) is 14.5 Å². The van der Waals surface area contributed by atoms with Crippen LogP contribution in [0.4, 0.5) is 0 Å². The van der Waals surface area contributed by atoms with Crippen molar-refractivity contribution in [2.24, 2.45) is 0 Å². The Morgan fingerprint density at radius 1 is 1.57 bits per heavy atom. The highest BCUT2D eigenvalue weighted by Crippen LogP contribution is 2.25. The molecule has 0 aliphatic carbocycles. The van der Waals surface area contributed by atoms with E-state index in [4.69, 9.17) is 12.2 Å². The monoisotopic (exact) mass is 324 g/mol. The standard InChI is InChI=1S/C14H20N4OS2/c1-4-6-9(2)15-13(19)10(3)18-12(16-17-14(18)20)11-7-5-8-21-11/h5,7-10H,4,6H2,1-3H3,(H,15,19)(H,17,20)/t9-,10+/m1/s1. The summed E-state index contributed by atoms with van der Waals surface area (Å²) >= 11 is 6.85. The van der Waals surface area contributed by atoms with E-state index in [9.17, 15) is 4.79 Å². The maximum absolute atomic E-state index is 12.4. The number of H-pyrrole nitrogens is 1. The van der Waals surface area contributed by atoms with Crippen LogP contribution in [-0.2, 0) is 4.79 Å². The highest BCUT2D eigenvalue weighted by Gasteiger charge is 2.22. The first-order valence-electron chi connectivity index (χ1n) is 7.05. The summed E-state index contributed by atoms with van der Waals surface area (Å²) in [5, 5.41) is 12.0. The number of rotatable bonds is 6. The van der Waals surface area contributed by atoms with Gasteiger partial charge in [0.2, 0.25) is 5.91 Å². The first-order chi connectivity index (χ1) is 10.0. The largest absolute Gasteiger partial charge is 0.352 e. The van der Waals surface area contributed by atoms with E-state index in [1.54, 1.807) is 15.9 Å². The molecular weight excluding hydrogens is 304 g/mol. The first-order valence-corrected chi connectivity index (χ1v) is 8.34. The quantitative estimate of drug-likeness (QED) is 0.799. The number of carbonyl (C=O) groups excluding carboxylic acids is 1. The molecule has 2 heterocycles. The van der Waals surface area contributed by atoms with E-state index in [0.29, 0.717) is 10.6 Å². The summed E-state index contributed by atoms with van der Waals surface area (Å²) in [6, 6.07) is 3.69. The summed E-state index contributed by atoms with van der Waals surface area (Å²) in [5.74, 6) is 0.673. The highest BCUT2D eigenvalue weighted by molar-refractivity contribution is 7.71. The van der Waals surface area contributed by atoms with Gasteiger partial charge < -0.3 is 5.32 Å². The van der Waals surface area contributed by atoms with Crippen LogP contribution in [0.25, 0.3) is 10.7 Å². The summed E-state index contributed by atoms with van der Waals surface area (Å²) in [6.45, 7) is 5.96. The highest BCUT2D eigenvalue weighted by atomic mass is 32.1. The van der Waals surface area contributed by atoms with E-state index in [1.807, 2.05) is 31.4 Å². The molecule has 114 valence electrons. The molecule has 2 aromatic rings. The van der Waals surface area contributed by atoms with Gasteiger partial charge in [0.25, 0.3) is 0 Å². The predicted molar refractivity (Wildman–Crippen MR) is 87.9 cm³/mol. The minimum absolute atomic E-state index is 0.0359. The van der Waals surface area contributed by atoms with Crippen molar-refractivity contribution in [3.05, 3.63) is 22.3 Å². The van der Waals surface area contributed by atoms with Crippen LogP contribution in [0.15, 0.2) is 17.5 Å². The third-order valence-corrected chi connectivity index (χ3v) is 4.48. The Labute approximate surface area is 133 Å². The van der Waals surface area contributed by atoms with Crippen LogP contribution in [0.2, 0.25) is 0 Å². The van der Waals surface area contributed by atoms with Gasteiger partial charge in [0, 0.05) is 6.04 Å². The minimum Gasteiger partial charge on any atom is -0.352 e. The zero-order valence-electron chi connectivity index (χ0n) is 12.4. The predicted octanol–water partition coefficient (Wildman–Crippen LogP) is 3.53. The van der Waals surface area contributed by atoms with Crippen molar-refractivity contribution in [3.8, 4) is 10.7 Å². The average molecular weight is 324 g/mol. The van der Waals surface area contributed by atoms with Crippen LogP contribution < -0.4 is 5.32 Å². The number of nitrogens with zero attached hydrogens (tertiary/aromatic N) is 2. The third kappa shape index (κ3) is 3.59. The maximum atomic E-state index is 12.4. The fraction of sp³-hybridized carbons (Fsp3) is 0.500. The van der Waals surface area contributed by atoms with E-state index in [2.05, 4.69) is 22.4 Å². The average Bonchev–Trinajstić information content (AvgIpc) is 3.06. The van der Waals surface area contributed by atoms with E-state index in [-0.39, 0.29) is 11.9 Å². The Morgan fingerprint density at radius 3 is 2.95 bits per heavy atom. The SMILES string of the molecule is CCC[C@@H](C)NC(=O)[C@H](C)n1c(-c2cccs2)n[nH]c1=S. The third-order valence-electron chi connectivity index (χ3n) is 3.32. The number of nitrogens with one attached hydrogen (secondary N) is 2. The second-order valence-corrected chi connectivity index (χ2v) is 6.41. The van der Waals surface area contributed by atoms with Crippen LogP contribution in [0.1, 0.15) is 39.7 Å². The lowest BCUT2D eigenvalue weighted by molar-refractivity contribution is -0.124. The summed E-state index contributed by atoms with van der Waals surface area (Å²) < 4.78 is 2.24. The van der Waals surface area contributed by atoms with Crippen molar-refractivity contribution in [2.45, 2.75) is 45.7 Å². The van der Waals surface area contributed by atoms with E-state index in [0.717, 1.165) is 17.7 Å². The molecule has 2 aromatic heterocycles. The van der Waals surface area contributed by atoms with Gasteiger partial charge in [-0.1, -0.05) is 19.4 Å². The molecule has 0 spiro atoms. The second kappa shape index (κ2) is 7.00. The zero-order valence-corrected chi connectivity index (χ0v) is 14.1. The van der Waals surface area contributed by atoms with Crippen molar-refractivity contribution < 1.29 is 4.79 Å². The van der Waals surface area contributed by atoms with Gasteiger partial charge >= 0.3 is 0 Å². The van der Waals surface area contributed by atoms with Crippen LogP contribution in [-0.4, -0.2) is 26.7 Å². The normalized spacial score (nSPS) is 13.9. The smallest absolute Gasteiger partial charge is 0.243 e. The van der Waals surface area contributed by atoms with Crippen molar-refractivity contribution in [1.82, 2.24) is 20.1 Å². The number of hydrogen-bond donors (Lipinski definition) is 2. The number of carbonyl (C=O) groups is 1. The zero-order chi connectivity index (χ0) is 15.4. The first kappa shape index (κ1) is 15.9. The van der Waals surface area contributed by atoms with Crippen LogP contribution in [0.5, 0.6) is 0 Å². The van der Waals surface area contributed by atoms with Gasteiger partial charge in [0.1, 0.15) is 6.04 Å². The van der Waals surface area contributed by atoms with Gasteiger partial charge in [-0.2, -0.15) is 5.10 Å². The van der Waals surface area contributed by atoms with E-state index in [1.165, 1.54) is 0 Å². The molecule has 1 amide bonds. The molecule has 2 atom stereocenters. The molecule has 5 nitrogen and oxygen atoms in total. The van der Waals surface area contributed by atoms with Crippen molar-refractivity contribution in [2.75, 3.05) is 0 Å². The Bertz CT molecular complexity index is 644. The van der Waals surface area contributed by atoms with Gasteiger partial charge in [-0.05, 0) is 43.9 Å². The van der Waals surface area contributed by atoms with E-state index >= 15 is 0 Å².